The van der Waals surface area contributed by atoms with Crippen molar-refractivity contribution in [3.8, 4) is 0 Å². The third kappa shape index (κ3) is 8.95. The number of nitrogens with one attached hydrogen (secondary N) is 1. The van der Waals surface area contributed by atoms with Crippen molar-refractivity contribution in [3.05, 3.63) is 0 Å². The summed E-state index contributed by atoms with van der Waals surface area (Å²) in [6, 6.07) is 0. The Kier molecular flexibility index (Phi) is 5.11. The van der Waals surface area contributed by atoms with E-state index in [1.807, 2.05) is 26.3 Å². The Balaban J connectivity index is 3.52. The lowest BCUT2D eigenvalue weighted by Gasteiger charge is -2.18. The summed E-state index contributed by atoms with van der Waals surface area (Å²) in [5.41, 5.74) is 6.41. The first-order valence-electron chi connectivity index (χ1n) is 4.14. The molecule has 0 saturated carbocycles. The fourth-order valence-corrected chi connectivity index (χ4v) is 0.499. The van der Waals surface area contributed by atoms with Gasteiger partial charge in [-0.15, -0.1) is 0 Å². The van der Waals surface area contributed by atoms with Crippen molar-refractivity contribution in [3.63, 3.8) is 0 Å². The Hall–Kier alpha value is -1.14. The van der Waals surface area contributed by atoms with Crippen molar-refractivity contribution in [2.45, 2.75) is 26.4 Å². The number of amides is 2. The molecule has 0 fully saturated rings. The molecule has 0 heterocycles. The highest BCUT2D eigenvalue weighted by atomic mass is 16.7. The van der Waals surface area contributed by atoms with E-state index >= 15 is 0 Å². The molecule has 0 aromatic rings. The van der Waals surface area contributed by atoms with E-state index in [9.17, 15) is 9.59 Å². The molecule has 2 amide bonds. The van der Waals surface area contributed by atoms with Crippen LogP contribution in [0.5, 0.6) is 0 Å². The van der Waals surface area contributed by atoms with Crippen molar-refractivity contribution in [1.82, 2.24) is 5.48 Å². The fraction of sp³-hybridized carbons (Fsp3) is 0.750. The van der Waals surface area contributed by atoms with Crippen molar-refractivity contribution in [2.75, 3.05) is 13.2 Å². The van der Waals surface area contributed by atoms with Gasteiger partial charge in [0.2, 0.25) is 5.91 Å². The second-order valence-electron chi connectivity index (χ2n) is 3.68. The summed E-state index contributed by atoms with van der Waals surface area (Å²) < 4.78 is 5.14. The molecule has 0 aliphatic carbocycles. The highest BCUT2D eigenvalue weighted by molar-refractivity contribution is 5.77. The molecule has 0 aromatic heterocycles. The first-order valence-corrected chi connectivity index (χ1v) is 4.14. The van der Waals surface area contributed by atoms with Crippen molar-refractivity contribution < 1.29 is 19.2 Å². The topological polar surface area (TPSA) is 90.7 Å². The molecule has 3 N–H and O–H groups in total. The molecule has 0 aromatic carbocycles. The molecule has 0 radical (unpaired) electrons. The monoisotopic (exact) mass is 204 g/mol. The number of hydrogen-bond acceptors (Lipinski definition) is 4. The summed E-state index contributed by atoms with van der Waals surface area (Å²) in [6.45, 7) is 5.00. The van der Waals surface area contributed by atoms with E-state index in [2.05, 4.69) is 4.84 Å². The Morgan fingerprint density at radius 1 is 1.29 bits per heavy atom. The van der Waals surface area contributed by atoms with Crippen molar-refractivity contribution >= 4 is 11.8 Å². The van der Waals surface area contributed by atoms with Crippen LogP contribution in [0.1, 0.15) is 20.8 Å². The maximum absolute atomic E-state index is 11.0. The van der Waals surface area contributed by atoms with Crippen LogP contribution in [0, 0.1) is 0 Å². The molecule has 6 nitrogen and oxygen atoms in total. The number of carbonyl (C=O) groups excluding carboxylic acids is 2. The minimum atomic E-state index is -0.651. The number of primary amides is 1. The van der Waals surface area contributed by atoms with Gasteiger partial charge in [0, 0.05) is 0 Å². The normalized spacial score (nSPS) is 11.1. The SMILES string of the molecule is CC(C)(C)OCC(=O)NOCC(N)=O. The highest BCUT2D eigenvalue weighted by Gasteiger charge is 2.12. The average molecular weight is 204 g/mol. The van der Waals surface area contributed by atoms with Crippen LogP contribution >= 0.6 is 0 Å². The zero-order valence-electron chi connectivity index (χ0n) is 8.62. The van der Waals surface area contributed by atoms with Gasteiger partial charge in [-0.25, -0.2) is 5.48 Å². The van der Waals surface area contributed by atoms with E-state index in [0.717, 1.165) is 0 Å². The maximum atomic E-state index is 11.0. The van der Waals surface area contributed by atoms with E-state index < -0.39 is 11.8 Å². The van der Waals surface area contributed by atoms with Gasteiger partial charge in [-0.1, -0.05) is 0 Å². The molecule has 0 aliphatic heterocycles. The molecular formula is C8H16N2O4. The van der Waals surface area contributed by atoms with Gasteiger partial charge in [-0.3, -0.25) is 14.4 Å². The molecule has 0 bridgehead atoms. The summed E-state index contributed by atoms with van der Waals surface area (Å²) in [5.74, 6) is -1.11. The zero-order valence-corrected chi connectivity index (χ0v) is 8.62. The first-order chi connectivity index (χ1) is 6.31. The summed E-state index contributed by atoms with van der Waals surface area (Å²) in [6.07, 6.45) is 0. The molecule has 0 rings (SSSR count). The van der Waals surface area contributed by atoms with Crippen LogP contribution in [0.25, 0.3) is 0 Å². The van der Waals surface area contributed by atoms with Gasteiger partial charge in [-0.2, -0.15) is 0 Å². The third-order valence-corrected chi connectivity index (χ3v) is 1.04. The van der Waals surface area contributed by atoms with Gasteiger partial charge < -0.3 is 10.5 Å². The quantitative estimate of drug-likeness (QED) is 0.581. The summed E-state index contributed by atoms with van der Waals surface area (Å²) in [7, 11) is 0. The van der Waals surface area contributed by atoms with Crippen molar-refractivity contribution in [2.24, 2.45) is 5.73 Å². The number of hydroxylamine groups is 1. The van der Waals surface area contributed by atoms with Gasteiger partial charge in [-0.05, 0) is 20.8 Å². The summed E-state index contributed by atoms with van der Waals surface area (Å²) >= 11 is 0. The largest absolute Gasteiger partial charge is 0.368 e. The average Bonchev–Trinajstić information content (AvgIpc) is 1.99. The van der Waals surface area contributed by atoms with Gasteiger partial charge in [0.1, 0.15) is 6.61 Å². The first kappa shape index (κ1) is 12.9. The minimum absolute atomic E-state index is 0.123. The minimum Gasteiger partial charge on any atom is -0.368 e. The highest BCUT2D eigenvalue weighted by Crippen LogP contribution is 2.05. The number of carbonyl (C=O) groups is 2. The lowest BCUT2D eigenvalue weighted by atomic mass is 10.2. The van der Waals surface area contributed by atoms with Crippen LogP contribution in [0.3, 0.4) is 0 Å². The maximum Gasteiger partial charge on any atom is 0.269 e. The molecule has 0 spiro atoms. The van der Waals surface area contributed by atoms with Crippen molar-refractivity contribution in [1.29, 1.82) is 0 Å². The number of rotatable bonds is 5. The molecule has 6 heteroatoms. The van der Waals surface area contributed by atoms with Gasteiger partial charge in [0.15, 0.2) is 6.61 Å². The molecule has 82 valence electrons. The third-order valence-electron chi connectivity index (χ3n) is 1.04. The van der Waals surface area contributed by atoms with E-state index in [0.29, 0.717) is 0 Å². The lowest BCUT2D eigenvalue weighted by molar-refractivity contribution is -0.145. The molecule has 0 saturated heterocycles. The van der Waals surface area contributed by atoms with Crippen LogP contribution in [-0.2, 0) is 19.2 Å². The zero-order chi connectivity index (χ0) is 11.2. The number of ether oxygens (including phenoxy) is 1. The Labute approximate surface area is 82.7 Å². The molecule has 14 heavy (non-hydrogen) atoms. The fourth-order valence-electron chi connectivity index (χ4n) is 0.499. The van der Waals surface area contributed by atoms with Crippen LogP contribution in [0.4, 0.5) is 0 Å². The lowest BCUT2D eigenvalue weighted by Crippen LogP contribution is -2.34. The molecule has 0 aliphatic rings. The number of nitrogens with two attached hydrogens (primary N) is 1. The van der Waals surface area contributed by atoms with Gasteiger partial charge in [0.05, 0.1) is 5.60 Å². The Morgan fingerprint density at radius 3 is 2.29 bits per heavy atom. The number of hydrogen-bond donors (Lipinski definition) is 2. The summed E-state index contributed by atoms with van der Waals surface area (Å²) in [5, 5.41) is 0. The molecular weight excluding hydrogens is 188 g/mol. The Bertz CT molecular complexity index is 210. The summed E-state index contributed by atoms with van der Waals surface area (Å²) in [4.78, 5) is 25.6. The molecule has 0 atom stereocenters. The predicted molar refractivity (Wildman–Crippen MR) is 49.0 cm³/mol. The van der Waals surface area contributed by atoms with Crippen LogP contribution < -0.4 is 11.2 Å². The Morgan fingerprint density at radius 2 is 1.86 bits per heavy atom. The van der Waals surface area contributed by atoms with Crippen LogP contribution in [0.2, 0.25) is 0 Å². The van der Waals surface area contributed by atoms with Gasteiger partial charge in [0.25, 0.3) is 5.91 Å². The van der Waals surface area contributed by atoms with E-state index in [1.54, 1.807) is 0 Å². The standard InChI is InChI=1S/C8H16N2O4/c1-8(2,3)13-5-7(12)10-14-4-6(9)11/h4-5H2,1-3H3,(H2,9,11)(H,10,12). The van der Waals surface area contributed by atoms with Crippen LogP contribution in [0.15, 0.2) is 0 Å². The van der Waals surface area contributed by atoms with E-state index in [-0.39, 0.29) is 18.8 Å². The van der Waals surface area contributed by atoms with E-state index in [1.165, 1.54) is 0 Å². The predicted octanol–water partition coefficient (Wildman–Crippen LogP) is -0.665. The van der Waals surface area contributed by atoms with E-state index in [4.69, 9.17) is 10.5 Å². The van der Waals surface area contributed by atoms with Gasteiger partial charge >= 0.3 is 0 Å². The second kappa shape index (κ2) is 5.56. The second-order valence-corrected chi connectivity index (χ2v) is 3.68. The molecule has 0 unspecified atom stereocenters. The smallest absolute Gasteiger partial charge is 0.269 e. The van der Waals surface area contributed by atoms with Crippen LogP contribution in [-0.4, -0.2) is 30.6 Å².